The Kier molecular flexibility index (Phi) is 5.08. The van der Waals surface area contributed by atoms with E-state index in [2.05, 4.69) is 32.7 Å². The van der Waals surface area contributed by atoms with Gasteiger partial charge in [-0.3, -0.25) is 4.79 Å². The lowest BCUT2D eigenvalue weighted by Crippen LogP contribution is -2.24. The largest absolute Gasteiger partial charge is 0.446 e. The Labute approximate surface area is 191 Å². The van der Waals surface area contributed by atoms with Gasteiger partial charge < -0.3 is 15.1 Å². The Balaban J connectivity index is 1.61. The quantitative estimate of drug-likeness (QED) is 0.490. The Morgan fingerprint density at radius 1 is 1.18 bits per heavy atom. The van der Waals surface area contributed by atoms with Crippen LogP contribution in [0.25, 0.3) is 16.9 Å². The predicted molar refractivity (Wildman–Crippen MR) is 127 cm³/mol. The summed E-state index contributed by atoms with van der Waals surface area (Å²) in [5.74, 6) is 1.53. The standard InChI is InChI=1S/C24H29N7O2/c1-14(2)30-21(32)18-12-26-23(27-17-7-6-15-8-9-25-11-16(15)10-17)29-20(18)31(30)19-13-33-22(28-19)24(3,4)5/h6-7,10,12-14,25H,8-9,11H2,1-5H3,(H,26,27,29). The molecule has 3 aromatic heterocycles. The number of hydrogen-bond donors (Lipinski definition) is 2. The first-order chi connectivity index (χ1) is 15.7. The Morgan fingerprint density at radius 3 is 2.73 bits per heavy atom. The van der Waals surface area contributed by atoms with Crippen LogP contribution in [0.2, 0.25) is 0 Å². The van der Waals surface area contributed by atoms with Gasteiger partial charge in [-0.05, 0) is 50.1 Å². The molecule has 0 radical (unpaired) electrons. The monoisotopic (exact) mass is 447 g/mol. The molecular formula is C24H29N7O2. The summed E-state index contributed by atoms with van der Waals surface area (Å²) in [5.41, 5.74) is 3.61. The summed E-state index contributed by atoms with van der Waals surface area (Å²) in [4.78, 5) is 27.0. The molecule has 9 heteroatoms. The second kappa shape index (κ2) is 7.84. The van der Waals surface area contributed by atoms with Crippen molar-refractivity contribution in [3.05, 3.63) is 58.0 Å². The van der Waals surface area contributed by atoms with Gasteiger partial charge >= 0.3 is 0 Å². The molecule has 1 aliphatic rings. The van der Waals surface area contributed by atoms with Crippen molar-refractivity contribution < 1.29 is 4.42 Å². The van der Waals surface area contributed by atoms with Gasteiger partial charge in [0.15, 0.2) is 11.5 Å². The Bertz CT molecular complexity index is 1390. The van der Waals surface area contributed by atoms with E-state index in [1.165, 1.54) is 11.1 Å². The molecule has 0 bridgehead atoms. The SMILES string of the molecule is CC(C)n1c(=O)c2cnc(Nc3ccc4c(c3)CNCC4)nc2n1-c1coc(C(C)(C)C)n1. The van der Waals surface area contributed by atoms with Crippen LogP contribution >= 0.6 is 0 Å². The summed E-state index contributed by atoms with van der Waals surface area (Å²) in [6.45, 7) is 11.9. The van der Waals surface area contributed by atoms with Crippen LogP contribution in [0, 0.1) is 0 Å². The van der Waals surface area contributed by atoms with Crippen LogP contribution in [0.15, 0.2) is 39.9 Å². The van der Waals surface area contributed by atoms with E-state index >= 15 is 0 Å². The fraction of sp³-hybridized carbons (Fsp3) is 0.417. The second-order valence-corrected chi connectivity index (χ2v) is 9.78. The van der Waals surface area contributed by atoms with Crippen LogP contribution in [0.4, 0.5) is 11.6 Å². The highest BCUT2D eigenvalue weighted by molar-refractivity contribution is 5.77. The molecule has 5 rings (SSSR count). The Hall–Kier alpha value is -3.46. The summed E-state index contributed by atoms with van der Waals surface area (Å²) in [6, 6.07) is 6.20. The summed E-state index contributed by atoms with van der Waals surface area (Å²) in [6.07, 6.45) is 4.18. The number of anilines is 2. The smallest absolute Gasteiger partial charge is 0.278 e. The average molecular weight is 448 g/mol. The van der Waals surface area contributed by atoms with Crippen molar-refractivity contribution in [1.82, 2.24) is 29.6 Å². The van der Waals surface area contributed by atoms with Gasteiger partial charge in [-0.25, -0.2) is 14.3 Å². The van der Waals surface area contributed by atoms with Crippen LogP contribution < -0.4 is 16.2 Å². The van der Waals surface area contributed by atoms with E-state index in [-0.39, 0.29) is 17.0 Å². The van der Waals surface area contributed by atoms with Crippen LogP contribution in [-0.2, 0) is 18.4 Å². The van der Waals surface area contributed by atoms with Crippen molar-refractivity contribution in [2.24, 2.45) is 0 Å². The highest BCUT2D eigenvalue weighted by Crippen LogP contribution is 2.26. The first kappa shape index (κ1) is 21.4. The highest BCUT2D eigenvalue weighted by atomic mass is 16.3. The van der Waals surface area contributed by atoms with Crippen molar-refractivity contribution in [2.45, 2.75) is 59.0 Å². The molecule has 33 heavy (non-hydrogen) atoms. The number of nitrogens with zero attached hydrogens (tertiary/aromatic N) is 5. The molecule has 4 aromatic rings. The number of rotatable bonds is 4. The molecule has 9 nitrogen and oxygen atoms in total. The zero-order chi connectivity index (χ0) is 23.3. The topological polar surface area (TPSA) is 103 Å². The molecule has 0 saturated carbocycles. The van der Waals surface area contributed by atoms with Gasteiger partial charge in [-0.1, -0.05) is 26.8 Å². The Morgan fingerprint density at radius 2 is 2.00 bits per heavy atom. The lowest BCUT2D eigenvalue weighted by Gasteiger charge is -2.18. The summed E-state index contributed by atoms with van der Waals surface area (Å²) in [7, 11) is 0. The van der Waals surface area contributed by atoms with Crippen LogP contribution in [-0.4, -0.2) is 30.9 Å². The van der Waals surface area contributed by atoms with E-state index < -0.39 is 0 Å². The maximum absolute atomic E-state index is 13.2. The molecular weight excluding hydrogens is 418 g/mol. The fourth-order valence-corrected chi connectivity index (χ4v) is 4.14. The van der Waals surface area contributed by atoms with Gasteiger partial charge in [0.2, 0.25) is 11.8 Å². The molecule has 0 atom stereocenters. The maximum Gasteiger partial charge on any atom is 0.278 e. The van der Waals surface area contributed by atoms with E-state index in [0.717, 1.165) is 25.2 Å². The number of benzene rings is 1. The second-order valence-electron chi connectivity index (χ2n) is 9.78. The molecule has 0 spiro atoms. The van der Waals surface area contributed by atoms with Gasteiger partial charge in [0.05, 0.1) is 0 Å². The predicted octanol–water partition coefficient (Wildman–Crippen LogP) is 3.84. The van der Waals surface area contributed by atoms with Crippen molar-refractivity contribution >= 4 is 22.7 Å². The van der Waals surface area contributed by atoms with E-state index in [4.69, 9.17) is 9.40 Å². The van der Waals surface area contributed by atoms with Crippen LogP contribution in [0.1, 0.15) is 57.7 Å². The van der Waals surface area contributed by atoms with Crippen molar-refractivity contribution in [3.8, 4) is 5.82 Å². The number of nitrogens with one attached hydrogen (secondary N) is 2. The van der Waals surface area contributed by atoms with E-state index in [1.807, 2.05) is 40.7 Å². The third-order valence-electron chi connectivity index (χ3n) is 5.81. The average Bonchev–Trinajstić information content (AvgIpc) is 3.37. The van der Waals surface area contributed by atoms with Gasteiger partial charge in [0.1, 0.15) is 11.6 Å². The number of oxazole rings is 1. The van der Waals surface area contributed by atoms with Crippen LogP contribution in [0.3, 0.4) is 0 Å². The highest BCUT2D eigenvalue weighted by Gasteiger charge is 2.25. The zero-order valence-electron chi connectivity index (χ0n) is 19.6. The molecule has 2 N–H and O–H groups in total. The summed E-state index contributed by atoms with van der Waals surface area (Å²) >= 11 is 0. The summed E-state index contributed by atoms with van der Waals surface area (Å²) in [5, 5.41) is 7.13. The molecule has 172 valence electrons. The van der Waals surface area contributed by atoms with Gasteiger partial charge in [0.25, 0.3) is 5.56 Å². The minimum absolute atomic E-state index is 0.106. The summed E-state index contributed by atoms with van der Waals surface area (Å²) < 4.78 is 9.11. The first-order valence-electron chi connectivity index (χ1n) is 11.3. The first-order valence-corrected chi connectivity index (χ1v) is 11.3. The van der Waals surface area contributed by atoms with Crippen LogP contribution in [0.5, 0.6) is 0 Å². The lowest BCUT2D eigenvalue weighted by atomic mass is 9.97. The number of aromatic nitrogens is 5. The molecule has 0 aliphatic carbocycles. The maximum atomic E-state index is 13.2. The molecule has 4 heterocycles. The lowest BCUT2D eigenvalue weighted by molar-refractivity contribution is 0.392. The van der Waals surface area contributed by atoms with Gasteiger partial charge in [-0.15, -0.1) is 0 Å². The van der Waals surface area contributed by atoms with Gasteiger partial charge in [0, 0.05) is 29.9 Å². The van der Waals surface area contributed by atoms with Crippen molar-refractivity contribution in [1.29, 1.82) is 0 Å². The molecule has 0 saturated heterocycles. The molecule has 0 fully saturated rings. The third-order valence-corrected chi connectivity index (χ3v) is 5.81. The zero-order valence-corrected chi connectivity index (χ0v) is 19.6. The molecule has 0 unspecified atom stereocenters. The molecule has 1 aliphatic heterocycles. The normalized spacial score (nSPS) is 14.1. The number of fused-ring (bicyclic) bond motifs is 2. The van der Waals surface area contributed by atoms with E-state index in [0.29, 0.717) is 28.7 Å². The van der Waals surface area contributed by atoms with Crippen molar-refractivity contribution in [2.75, 3.05) is 11.9 Å². The van der Waals surface area contributed by atoms with E-state index in [9.17, 15) is 4.79 Å². The van der Waals surface area contributed by atoms with E-state index in [1.54, 1.807) is 21.8 Å². The van der Waals surface area contributed by atoms with Crippen molar-refractivity contribution in [3.63, 3.8) is 0 Å². The third kappa shape index (κ3) is 3.82. The minimum Gasteiger partial charge on any atom is -0.446 e. The minimum atomic E-state index is -0.257. The fourth-order valence-electron chi connectivity index (χ4n) is 4.14. The molecule has 1 aromatic carbocycles. The number of hydrogen-bond acceptors (Lipinski definition) is 7. The molecule has 0 amide bonds. The van der Waals surface area contributed by atoms with Gasteiger partial charge in [-0.2, -0.15) is 9.97 Å².